The van der Waals surface area contributed by atoms with Crippen LogP contribution < -0.4 is 16.0 Å². The number of benzene rings is 2. The zero-order chi connectivity index (χ0) is 32.2. The van der Waals surface area contributed by atoms with E-state index in [4.69, 9.17) is 9.47 Å². The van der Waals surface area contributed by atoms with Gasteiger partial charge in [-0.1, -0.05) is 26.8 Å². The summed E-state index contributed by atoms with van der Waals surface area (Å²) in [5, 5.41) is 28.4. The molecule has 2 aromatic carbocycles. The number of anilines is 3. The Morgan fingerprint density at radius 3 is 2.55 bits per heavy atom. The van der Waals surface area contributed by atoms with E-state index in [1.807, 2.05) is 39.8 Å². The van der Waals surface area contributed by atoms with E-state index in [1.165, 1.54) is 0 Å². The fraction of sp³-hybridized carbons (Fsp3) is 0.394. The summed E-state index contributed by atoms with van der Waals surface area (Å²) in [6.45, 7) is 13.2. The van der Waals surface area contributed by atoms with Gasteiger partial charge in [0, 0.05) is 29.4 Å². The number of rotatable bonds is 8. The minimum absolute atomic E-state index is 0.0183. The van der Waals surface area contributed by atoms with Crippen molar-refractivity contribution in [3.05, 3.63) is 64.8 Å². The van der Waals surface area contributed by atoms with Gasteiger partial charge < -0.3 is 25.4 Å². The summed E-state index contributed by atoms with van der Waals surface area (Å²) in [7, 11) is 0. The van der Waals surface area contributed by atoms with Crippen LogP contribution in [0.15, 0.2) is 42.6 Å². The molecule has 44 heavy (non-hydrogen) atoms. The van der Waals surface area contributed by atoms with Crippen molar-refractivity contribution in [2.75, 3.05) is 23.8 Å². The highest BCUT2D eigenvalue weighted by Gasteiger charge is 2.39. The minimum Gasteiger partial charge on any atom is -0.463 e. The van der Waals surface area contributed by atoms with Crippen LogP contribution in [0, 0.1) is 35.5 Å². The van der Waals surface area contributed by atoms with Crippen molar-refractivity contribution in [2.45, 2.75) is 65.5 Å². The Hall–Kier alpha value is -5.16. The van der Waals surface area contributed by atoms with Crippen LogP contribution in [0.3, 0.4) is 0 Å². The van der Waals surface area contributed by atoms with Crippen molar-refractivity contribution < 1.29 is 19.1 Å². The van der Waals surface area contributed by atoms with Gasteiger partial charge in [0.2, 0.25) is 5.95 Å². The summed E-state index contributed by atoms with van der Waals surface area (Å²) in [6, 6.07) is 14.3. The maximum atomic E-state index is 13.2. The van der Waals surface area contributed by atoms with Gasteiger partial charge in [-0.05, 0) is 75.1 Å². The second-order valence-electron chi connectivity index (χ2n) is 12.5. The number of fused-ring (bicyclic) bond motifs is 1. The third-order valence-corrected chi connectivity index (χ3v) is 7.25. The molecular formula is C33H37N7O4. The molecule has 1 unspecified atom stereocenters. The second-order valence-corrected chi connectivity index (χ2v) is 12.5. The van der Waals surface area contributed by atoms with Crippen molar-refractivity contribution in [1.29, 1.82) is 10.5 Å². The molecule has 0 saturated carbocycles. The predicted octanol–water partition coefficient (Wildman–Crippen LogP) is 5.71. The average molecular weight is 596 g/mol. The highest BCUT2D eigenvalue weighted by molar-refractivity contribution is 5.82. The molecule has 1 amide bonds. The summed E-state index contributed by atoms with van der Waals surface area (Å²) in [5.41, 5.74) is 3.99. The first-order chi connectivity index (χ1) is 20.7. The third kappa shape index (κ3) is 7.24. The molecular weight excluding hydrogens is 558 g/mol. The number of carbonyl (C=O) groups excluding carboxylic acids is 2. The van der Waals surface area contributed by atoms with Gasteiger partial charge in [-0.3, -0.25) is 0 Å². The molecule has 0 fully saturated rings. The summed E-state index contributed by atoms with van der Waals surface area (Å²) >= 11 is 0. The van der Waals surface area contributed by atoms with Crippen LogP contribution in [0.5, 0.6) is 0 Å². The van der Waals surface area contributed by atoms with Gasteiger partial charge in [0.05, 0.1) is 28.6 Å². The Kier molecular flexibility index (Phi) is 9.10. The molecule has 1 aromatic heterocycles. The number of nitriles is 2. The number of aryl methyl sites for hydroxylation is 1. The SMILES string of the molecule is Cc1ccc(C#N)cc1Nc1nccc(-c2cc(C#N)c3c(c2)[C@@](C)(COC(=O)C(NC(=O)OC(C)(C)C)C(C)C)CN3)n1. The van der Waals surface area contributed by atoms with E-state index in [9.17, 15) is 20.1 Å². The summed E-state index contributed by atoms with van der Waals surface area (Å²) < 4.78 is 11.1. The van der Waals surface area contributed by atoms with Crippen molar-refractivity contribution in [3.8, 4) is 23.4 Å². The molecule has 0 aliphatic carbocycles. The molecule has 0 spiro atoms. The van der Waals surface area contributed by atoms with E-state index < -0.39 is 29.1 Å². The highest BCUT2D eigenvalue weighted by Crippen LogP contribution is 2.41. The van der Waals surface area contributed by atoms with Crippen molar-refractivity contribution in [3.63, 3.8) is 0 Å². The second kappa shape index (κ2) is 12.6. The fourth-order valence-electron chi connectivity index (χ4n) is 4.83. The number of hydrogen-bond acceptors (Lipinski definition) is 10. The number of ether oxygens (including phenoxy) is 2. The number of hydrogen-bond donors (Lipinski definition) is 3. The molecule has 0 bridgehead atoms. The number of amides is 1. The normalized spacial score (nSPS) is 16.1. The number of esters is 1. The van der Waals surface area contributed by atoms with Gasteiger partial charge in [0.25, 0.3) is 0 Å². The predicted molar refractivity (Wildman–Crippen MR) is 166 cm³/mol. The Balaban J connectivity index is 1.58. The summed E-state index contributed by atoms with van der Waals surface area (Å²) in [6.07, 6.45) is 0.929. The quantitative estimate of drug-likeness (QED) is 0.275. The molecule has 228 valence electrons. The molecule has 2 atom stereocenters. The molecule has 1 aliphatic rings. The topological polar surface area (TPSA) is 162 Å². The maximum Gasteiger partial charge on any atom is 0.408 e. The Bertz CT molecular complexity index is 1670. The van der Waals surface area contributed by atoms with E-state index in [0.717, 1.165) is 11.1 Å². The lowest BCUT2D eigenvalue weighted by Crippen LogP contribution is -2.48. The Morgan fingerprint density at radius 2 is 1.89 bits per heavy atom. The Morgan fingerprint density at radius 1 is 1.14 bits per heavy atom. The van der Waals surface area contributed by atoms with Crippen LogP contribution in [0.2, 0.25) is 0 Å². The molecule has 0 saturated heterocycles. The first-order valence-electron chi connectivity index (χ1n) is 14.3. The first-order valence-corrected chi connectivity index (χ1v) is 14.3. The lowest BCUT2D eigenvalue weighted by atomic mass is 9.83. The number of nitrogens with zero attached hydrogens (tertiary/aromatic N) is 4. The molecule has 11 nitrogen and oxygen atoms in total. The van der Waals surface area contributed by atoms with Crippen LogP contribution in [-0.2, 0) is 19.7 Å². The van der Waals surface area contributed by atoms with Gasteiger partial charge in [0.15, 0.2) is 0 Å². The molecule has 3 aromatic rings. The lowest BCUT2D eigenvalue weighted by molar-refractivity contribution is -0.149. The van der Waals surface area contributed by atoms with Crippen molar-refractivity contribution >= 4 is 29.4 Å². The van der Waals surface area contributed by atoms with Crippen LogP contribution in [0.1, 0.15) is 63.8 Å². The van der Waals surface area contributed by atoms with Crippen LogP contribution in [0.4, 0.5) is 22.1 Å². The van der Waals surface area contributed by atoms with E-state index >= 15 is 0 Å². The number of nitrogens with one attached hydrogen (secondary N) is 3. The molecule has 11 heteroatoms. The minimum atomic E-state index is -0.896. The smallest absolute Gasteiger partial charge is 0.408 e. The number of alkyl carbamates (subject to hydrolysis) is 1. The highest BCUT2D eigenvalue weighted by atomic mass is 16.6. The Labute approximate surface area is 257 Å². The summed E-state index contributed by atoms with van der Waals surface area (Å²) in [5.74, 6) is -0.466. The van der Waals surface area contributed by atoms with Crippen molar-refractivity contribution in [1.82, 2.24) is 15.3 Å². The van der Waals surface area contributed by atoms with Crippen molar-refractivity contribution in [2.24, 2.45) is 5.92 Å². The average Bonchev–Trinajstić information content (AvgIpc) is 3.31. The van der Waals surface area contributed by atoms with Gasteiger partial charge in [-0.25, -0.2) is 19.6 Å². The van der Waals surface area contributed by atoms with E-state index in [-0.39, 0.29) is 12.5 Å². The zero-order valence-electron chi connectivity index (χ0n) is 26.0. The van der Waals surface area contributed by atoms with Gasteiger partial charge in [0.1, 0.15) is 24.3 Å². The molecule has 4 rings (SSSR count). The summed E-state index contributed by atoms with van der Waals surface area (Å²) in [4.78, 5) is 34.5. The van der Waals surface area contributed by atoms with Crippen LogP contribution in [0.25, 0.3) is 11.3 Å². The van der Waals surface area contributed by atoms with Gasteiger partial charge in [-0.2, -0.15) is 10.5 Å². The maximum absolute atomic E-state index is 13.2. The number of carbonyl (C=O) groups is 2. The lowest BCUT2D eigenvalue weighted by Gasteiger charge is -2.28. The molecule has 3 N–H and O–H groups in total. The van der Waals surface area contributed by atoms with E-state index in [2.05, 4.69) is 38.1 Å². The monoisotopic (exact) mass is 595 g/mol. The van der Waals surface area contributed by atoms with E-state index in [0.29, 0.717) is 46.3 Å². The fourth-order valence-corrected chi connectivity index (χ4v) is 4.83. The van der Waals surface area contributed by atoms with Crippen LogP contribution in [-0.4, -0.2) is 46.8 Å². The molecule has 1 aliphatic heterocycles. The first kappa shape index (κ1) is 31.8. The zero-order valence-corrected chi connectivity index (χ0v) is 26.0. The van der Waals surface area contributed by atoms with Crippen LogP contribution >= 0.6 is 0 Å². The third-order valence-electron chi connectivity index (χ3n) is 7.25. The number of aromatic nitrogens is 2. The standard InChI is InChI=1S/C33H37N7O4/c1-19(2)27(40-31(42)44-32(4,5)6)29(41)43-18-33(7)17-37-28-23(16-35)13-22(14-24(28)33)25-10-11-36-30(38-25)39-26-12-21(15-34)9-8-20(26)3/h8-14,19,27,37H,17-18H2,1-7H3,(H,40,42)(H,36,38,39)/t27?,33-/m1/s1. The van der Waals surface area contributed by atoms with Gasteiger partial charge >= 0.3 is 12.1 Å². The molecule has 2 heterocycles. The molecule has 0 radical (unpaired) electrons. The van der Waals surface area contributed by atoms with Gasteiger partial charge in [-0.15, -0.1) is 0 Å². The largest absolute Gasteiger partial charge is 0.463 e. The van der Waals surface area contributed by atoms with E-state index in [1.54, 1.807) is 51.2 Å².